The molecule has 2 atom stereocenters. The number of carbonyl (C=O) groups is 2. The molecule has 2 amide bonds. The van der Waals surface area contributed by atoms with E-state index >= 15 is 0 Å². The van der Waals surface area contributed by atoms with Crippen LogP contribution in [0, 0.1) is 6.92 Å². The number of aryl methyl sites for hydroxylation is 1. The average Bonchev–Trinajstić information content (AvgIpc) is 2.88. The van der Waals surface area contributed by atoms with Crippen LogP contribution in [0.5, 0.6) is 0 Å². The topological polar surface area (TPSA) is 49.4 Å². The number of nitrogens with zero attached hydrogens (tertiary/aromatic N) is 1. The van der Waals surface area contributed by atoms with E-state index in [1.165, 1.54) is 11.8 Å². The van der Waals surface area contributed by atoms with Gasteiger partial charge in [-0.05, 0) is 55.7 Å². The maximum Gasteiger partial charge on any atom is 0.243 e. The summed E-state index contributed by atoms with van der Waals surface area (Å²) < 4.78 is 0. The molecule has 4 nitrogen and oxygen atoms in total. The third kappa shape index (κ3) is 8.29. The van der Waals surface area contributed by atoms with Gasteiger partial charge in [0.2, 0.25) is 11.8 Å². The van der Waals surface area contributed by atoms with Gasteiger partial charge in [0.05, 0.1) is 15.8 Å². The van der Waals surface area contributed by atoms with Crippen molar-refractivity contribution in [2.24, 2.45) is 0 Å². The van der Waals surface area contributed by atoms with Gasteiger partial charge >= 0.3 is 0 Å². The Bertz CT molecular complexity index is 1160. The van der Waals surface area contributed by atoms with Crippen LogP contribution in [0.15, 0.2) is 77.7 Å². The van der Waals surface area contributed by atoms with Gasteiger partial charge in [0.15, 0.2) is 0 Å². The molecular weight excluding hydrogens is 511 g/mol. The molecule has 0 saturated heterocycles. The second kappa shape index (κ2) is 13.7. The Labute approximate surface area is 228 Å². The van der Waals surface area contributed by atoms with Gasteiger partial charge in [0.1, 0.15) is 6.04 Å². The van der Waals surface area contributed by atoms with E-state index in [9.17, 15) is 9.59 Å². The molecule has 0 aliphatic rings. The fourth-order valence-electron chi connectivity index (χ4n) is 3.69. The molecule has 0 heterocycles. The second-order valence-corrected chi connectivity index (χ2v) is 10.8. The van der Waals surface area contributed by atoms with Crippen molar-refractivity contribution in [3.05, 3.63) is 99.5 Å². The number of hydrogen-bond acceptors (Lipinski definition) is 3. The highest BCUT2D eigenvalue weighted by atomic mass is 35.5. The van der Waals surface area contributed by atoms with Crippen LogP contribution in [-0.4, -0.2) is 34.6 Å². The van der Waals surface area contributed by atoms with E-state index in [2.05, 4.69) is 5.32 Å². The Morgan fingerprint density at radius 3 is 2.28 bits per heavy atom. The van der Waals surface area contributed by atoms with Crippen LogP contribution < -0.4 is 5.32 Å². The number of hydrogen-bond donors (Lipinski definition) is 1. The van der Waals surface area contributed by atoms with Crippen molar-refractivity contribution in [3.8, 4) is 0 Å². The van der Waals surface area contributed by atoms with Crippen LogP contribution >= 0.6 is 35.0 Å². The summed E-state index contributed by atoms with van der Waals surface area (Å²) in [4.78, 5) is 29.9. The Kier molecular flexibility index (Phi) is 10.7. The van der Waals surface area contributed by atoms with Gasteiger partial charge < -0.3 is 10.2 Å². The van der Waals surface area contributed by atoms with Crippen molar-refractivity contribution in [3.63, 3.8) is 0 Å². The SMILES string of the molecule is CC[C@@H](C)NC(=O)[C@H](Cc1ccccc1)N(Cc1ccc(Cl)c(Cl)c1)C(=O)CSc1ccc(C)cc1. The minimum atomic E-state index is -0.679. The Morgan fingerprint density at radius 1 is 0.944 bits per heavy atom. The van der Waals surface area contributed by atoms with E-state index in [-0.39, 0.29) is 30.2 Å². The molecule has 0 radical (unpaired) electrons. The lowest BCUT2D eigenvalue weighted by Gasteiger charge is -2.32. The smallest absolute Gasteiger partial charge is 0.243 e. The summed E-state index contributed by atoms with van der Waals surface area (Å²) in [7, 11) is 0. The van der Waals surface area contributed by atoms with Crippen molar-refractivity contribution < 1.29 is 9.59 Å². The minimum absolute atomic E-state index is 0.000338. The molecule has 0 spiro atoms. The number of amides is 2. The van der Waals surface area contributed by atoms with Crippen molar-refractivity contribution in [1.82, 2.24) is 10.2 Å². The van der Waals surface area contributed by atoms with Crippen LogP contribution in [-0.2, 0) is 22.6 Å². The predicted molar refractivity (Wildman–Crippen MR) is 151 cm³/mol. The van der Waals surface area contributed by atoms with E-state index in [1.807, 2.05) is 81.4 Å². The monoisotopic (exact) mass is 542 g/mol. The van der Waals surface area contributed by atoms with E-state index < -0.39 is 6.04 Å². The summed E-state index contributed by atoms with van der Waals surface area (Å²) in [6.45, 7) is 6.27. The average molecular weight is 544 g/mol. The zero-order valence-electron chi connectivity index (χ0n) is 20.8. The third-order valence-electron chi connectivity index (χ3n) is 5.99. The summed E-state index contributed by atoms with van der Waals surface area (Å²) >= 11 is 13.9. The van der Waals surface area contributed by atoms with Crippen LogP contribution in [0.1, 0.15) is 37.0 Å². The molecule has 36 heavy (non-hydrogen) atoms. The van der Waals surface area contributed by atoms with Gasteiger partial charge in [-0.1, -0.05) is 84.2 Å². The maximum atomic E-state index is 13.7. The first-order valence-corrected chi connectivity index (χ1v) is 13.8. The van der Waals surface area contributed by atoms with Crippen molar-refractivity contribution >= 4 is 46.8 Å². The Hall–Kier alpha value is -2.47. The number of carbonyl (C=O) groups excluding carboxylic acids is 2. The van der Waals surface area contributed by atoms with Crippen molar-refractivity contribution in [2.45, 2.75) is 57.1 Å². The fourth-order valence-corrected chi connectivity index (χ4v) is 4.80. The van der Waals surface area contributed by atoms with Crippen LogP contribution in [0.2, 0.25) is 10.0 Å². The van der Waals surface area contributed by atoms with E-state index in [1.54, 1.807) is 17.0 Å². The summed E-state index contributed by atoms with van der Waals surface area (Å²) in [5.74, 6) is -0.0689. The predicted octanol–water partition coefficient (Wildman–Crippen LogP) is 6.95. The van der Waals surface area contributed by atoms with Gasteiger partial charge in [-0.15, -0.1) is 11.8 Å². The molecule has 7 heteroatoms. The van der Waals surface area contributed by atoms with Crippen molar-refractivity contribution in [1.29, 1.82) is 0 Å². The van der Waals surface area contributed by atoms with Crippen LogP contribution in [0.3, 0.4) is 0 Å². The molecular formula is C29H32Cl2N2O2S. The molecule has 0 aliphatic carbocycles. The fraction of sp³-hybridized carbons (Fsp3) is 0.310. The largest absolute Gasteiger partial charge is 0.352 e. The first-order valence-electron chi connectivity index (χ1n) is 12.0. The third-order valence-corrected chi connectivity index (χ3v) is 7.73. The number of thioether (sulfide) groups is 1. The van der Waals surface area contributed by atoms with Crippen molar-refractivity contribution in [2.75, 3.05) is 5.75 Å². The van der Waals surface area contributed by atoms with E-state index in [4.69, 9.17) is 23.2 Å². The first-order chi connectivity index (χ1) is 17.3. The summed E-state index contributed by atoms with van der Waals surface area (Å²) in [6.07, 6.45) is 1.21. The van der Waals surface area contributed by atoms with Gasteiger partial charge in [-0.3, -0.25) is 9.59 Å². The normalized spacial score (nSPS) is 12.6. The number of benzene rings is 3. The first kappa shape index (κ1) is 28.1. The highest BCUT2D eigenvalue weighted by Crippen LogP contribution is 2.25. The van der Waals surface area contributed by atoms with Crippen LogP contribution in [0.4, 0.5) is 0 Å². The summed E-state index contributed by atoms with van der Waals surface area (Å²) in [6, 6.07) is 22.5. The Morgan fingerprint density at radius 2 is 1.64 bits per heavy atom. The molecule has 0 unspecified atom stereocenters. The molecule has 0 bridgehead atoms. The van der Waals surface area contributed by atoms with Gasteiger partial charge in [-0.25, -0.2) is 0 Å². The second-order valence-electron chi connectivity index (χ2n) is 8.90. The standard InChI is InChI=1S/C29H32Cl2N2O2S/c1-4-21(3)32-29(35)27(17-22-8-6-5-7-9-22)33(18-23-12-15-25(30)26(31)16-23)28(34)19-36-24-13-10-20(2)11-14-24/h5-16,21,27H,4,17-19H2,1-3H3,(H,32,35)/t21-,27+/m1/s1. The van der Waals surface area contributed by atoms with E-state index in [0.29, 0.717) is 16.5 Å². The lowest BCUT2D eigenvalue weighted by molar-refractivity contribution is -0.139. The maximum absolute atomic E-state index is 13.7. The zero-order valence-corrected chi connectivity index (χ0v) is 23.2. The molecule has 0 saturated carbocycles. The van der Waals surface area contributed by atoms with Gasteiger partial charge in [0.25, 0.3) is 0 Å². The molecule has 0 aliphatic heterocycles. The Balaban J connectivity index is 1.92. The number of rotatable bonds is 11. The minimum Gasteiger partial charge on any atom is -0.352 e. The lowest BCUT2D eigenvalue weighted by Crippen LogP contribution is -2.52. The quantitative estimate of drug-likeness (QED) is 0.266. The molecule has 0 fully saturated rings. The summed E-state index contributed by atoms with van der Waals surface area (Å²) in [5.41, 5.74) is 2.96. The molecule has 1 N–H and O–H groups in total. The molecule has 3 aromatic carbocycles. The van der Waals surface area contributed by atoms with Gasteiger partial charge in [-0.2, -0.15) is 0 Å². The lowest BCUT2D eigenvalue weighted by atomic mass is 10.0. The number of nitrogens with one attached hydrogen (secondary N) is 1. The molecule has 0 aromatic heterocycles. The molecule has 190 valence electrons. The highest BCUT2D eigenvalue weighted by Gasteiger charge is 2.31. The summed E-state index contributed by atoms with van der Waals surface area (Å²) in [5, 5.41) is 3.95. The van der Waals surface area contributed by atoms with E-state index in [0.717, 1.165) is 28.0 Å². The highest BCUT2D eigenvalue weighted by molar-refractivity contribution is 8.00. The molecule has 3 aromatic rings. The number of halogens is 2. The van der Waals surface area contributed by atoms with Gasteiger partial charge in [0, 0.05) is 23.9 Å². The van der Waals surface area contributed by atoms with Crippen LogP contribution in [0.25, 0.3) is 0 Å². The zero-order chi connectivity index (χ0) is 26.1. The molecule has 3 rings (SSSR count).